The van der Waals surface area contributed by atoms with Crippen LogP contribution in [0.3, 0.4) is 0 Å². The first-order valence-corrected chi connectivity index (χ1v) is 10.7. The lowest BCUT2D eigenvalue weighted by molar-refractivity contribution is -0.156. The second-order valence-electron chi connectivity index (χ2n) is 9.23. The third kappa shape index (κ3) is 2.95. The van der Waals surface area contributed by atoms with Gasteiger partial charge < -0.3 is 5.32 Å². The number of hydrogen-bond donors (Lipinski definition) is 1. The van der Waals surface area contributed by atoms with E-state index in [1.807, 2.05) is 21.6 Å². The number of rotatable bonds is 6. The van der Waals surface area contributed by atoms with Gasteiger partial charge in [0, 0.05) is 25.0 Å². The molecule has 2 unspecified atom stereocenters. The quantitative estimate of drug-likeness (QED) is 0.753. The van der Waals surface area contributed by atoms with Crippen LogP contribution in [0.2, 0.25) is 5.28 Å². The van der Waals surface area contributed by atoms with E-state index in [0.717, 1.165) is 50.8 Å². The van der Waals surface area contributed by atoms with E-state index in [-0.39, 0.29) is 16.9 Å². The second-order valence-corrected chi connectivity index (χ2v) is 9.57. The summed E-state index contributed by atoms with van der Waals surface area (Å²) in [5.74, 6) is 1.43. The van der Waals surface area contributed by atoms with Crippen LogP contribution < -0.4 is 5.32 Å². The molecular weight excluding hydrogens is 376 g/mol. The molecular formula is C20H27ClN6O. The smallest absolute Gasteiger partial charge is 0.242 e. The average Bonchev–Trinajstić information content (AvgIpc) is 3.26. The molecule has 0 aromatic carbocycles. The molecule has 1 N–H and O–H groups in total. The van der Waals surface area contributed by atoms with Crippen molar-refractivity contribution in [2.24, 2.45) is 17.3 Å². The lowest BCUT2D eigenvalue weighted by Crippen LogP contribution is -2.61. The van der Waals surface area contributed by atoms with Crippen molar-refractivity contribution >= 4 is 17.5 Å². The number of hydrogen-bond acceptors (Lipinski definition) is 4. The summed E-state index contributed by atoms with van der Waals surface area (Å²) in [6, 6.07) is 2.00. The molecule has 4 fully saturated rings. The zero-order valence-electron chi connectivity index (χ0n) is 16.3. The highest BCUT2D eigenvalue weighted by molar-refractivity contribution is 6.28. The van der Waals surface area contributed by atoms with Crippen LogP contribution in [-0.2, 0) is 16.9 Å². The van der Waals surface area contributed by atoms with E-state index in [9.17, 15) is 4.79 Å². The summed E-state index contributed by atoms with van der Waals surface area (Å²) in [4.78, 5) is 17.4. The molecule has 28 heavy (non-hydrogen) atoms. The van der Waals surface area contributed by atoms with Crippen LogP contribution in [0.4, 0.5) is 0 Å². The fourth-order valence-electron chi connectivity index (χ4n) is 6.47. The molecule has 0 aliphatic heterocycles. The van der Waals surface area contributed by atoms with Crippen molar-refractivity contribution in [3.63, 3.8) is 0 Å². The number of aromatic nitrogens is 5. The van der Waals surface area contributed by atoms with Crippen LogP contribution in [0.1, 0.15) is 50.6 Å². The molecule has 2 heterocycles. The highest BCUT2D eigenvalue weighted by Crippen LogP contribution is 2.64. The molecule has 2 aromatic rings. The van der Waals surface area contributed by atoms with Crippen molar-refractivity contribution in [2.45, 2.75) is 64.0 Å². The summed E-state index contributed by atoms with van der Waals surface area (Å²) in [5.41, 5.74) is 0.804. The minimum atomic E-state index is -0.260. The van der Waals surface area contributed by atoms with E-state index < -0.39 is 0 Å². The van der Waals surface area contributed by atoms with Gasteiger partial charge in [0.2, 0.25) is 11.2 Å². The lowest BCUT2D eigenvalue weighted by Gasteiger charge is -2.60. The number of carbonyl (C=O) groups is 1. The van der Waals surface area contributed by atoms with Crippen LogP contribution in [0.25, 0.3) is 0 Å². The fraction of sp³-hybridized carbons (Fsp3) is 0.700. The van der Waals surface area contributed by atoms with Crippen LogP contribution in [-0.4, -0.2) is 37.0 Å². The van der Waals surface area contributed by atoms with Gasteiger partial charge in [-0.1, -0.05) is 0 Å². The van der Waals surface area contributed by atoms with E-state index in [1.165, 1.54) is 6.42 Å². The maximum absolute atomic E-state index is 13.3. The molecule has 4 aliphatic carbocycles. The Labute approximate surface area is 169 Å². The topological polar surface area (TPSA) is 77.6 Å². The second kappa shape index (κ2) is 6.58. The monoisotopic (exact) mass is 402 g/mol. The van der Waals surface area contributed by atoms with Gasteiger partial charge >= 0.3 is 0 Å². The van der Waals surface area contributed by atoms with Crippen molar-refractivity contribution in [3.05, 3.63) is 29.6 Å². The van der Waals surface area contributed by atoms with Gasteiger partial charge in [-0.15, -0.1) is 5.10 Å². The van der Waals surface area contributed by atoms with Crippen molar-refractivity contribution < 1.29 is 4.79 Å². The molecule has 4 bridgehead atoms. The number of amides is 1. The van der Waals surface area contributed by atoms with E-state index in [0.29, 0.717) is 23.7 Å². The Morgan fingerprint density at radius 3 is 2.75 bits per heavy atom. The third-order valence-corrected chi connectivity index (χ3v) is 7.40. The van der Waals surface area contributed by atoms with Crippen LogP contribution in [0.5, 0.6) is 0 Å². The van der Waals surface area contributed by atoms with Crippen molar-refractivity contribution in [1.29, 1.82) is 0 Å². The van der Waals surface area contributed by atoms with Crippen molar-refractivity contribution in [2.75, 3.05) is 6.54 Å². The van der Waals surface area contributed by atoms with E-state index in [4.69, 9.17) is 11.6 Å². The fourth-order valence-corrected chi connectivity index (χ4v) is 6.60. The highest BCUT2D eigenvalue weighted by Gasteiger charge is 2.61. The molecule has 0 saturated heterocycles. The van der Waals surface area contributed by atoms with Gasteiger partial charge in [-0.2, -0.15) is 5.10 Å². The molecule has 2 atom stereocenters. The number of nitrogens with zero attached hydrogens (tertiary/aromatic N) is 5. The first-order chi connectivity index (χ1) is 13.5. The minimum absolute atomic E-state index is 0.0895. The molecule has 0 spiro atoms. The van der Waals surface area contributed by atoms with Crippen LogP contribution in [0.15, 0.2) is 18.6 Å². The van der Waals surface area contributed by atoms with Gasteiger partial charge in [0.05, 0.1) is 11.0 Å². The Hall–Kier alpha value is -1.89. The summed E-state index contributed by atoms with van der Waals surface area (Å²) in [6.07, 6.45) is 10.8. The maximum atomic E-state index is 13.3. The largest absolute Gasteiger partial charge is 0.356 e. The molecule has 4 saturated carbocycles. The predicted molar refractivity (Wildman–Crippen MR) is 105 cm³/mol. The molecule has 150 valence electrons. The van der Waals surface area contributed by atoms with Gasteiger partial charge in [-0.25, -0.2) is 9.67 Å². The molecule has 7 nitrogen and oxygen atoms in total. The summed E-state index contributed by atoms with van der Waals surface area (Å²) in [7, 11) is 0. The Balaban J connectivity index is 1.28. The molecule has 4 aliphatic rings. The van der Waals surface area contributed by atoms with Gasteiger partial charge in [0.1, 0.15) is 6.33 Å². The van der Waals surface area contributed by atoms with Crippen LogP contribution >= 0.6 is 11.6 Å². The number of carbonyl (C=O) groups excluding carboxylic acids is 1. The average molecular weight is 403 g/mol. The highest BCUT2D eigenvalue weighted by atomic mass is 35.5. The van der Waals surface area contributed by atoms with E-state index in [2.05, 4.69) is 27.4 Å². The molecule has 0 radical (unpaired) electrons. The first kappa shape index (κ1) is 18.2. The minimum Gasteiger partial charge on any atom is -0.356 e. The predicted octanol–water partition coefficient (Wildman–Crippen LogP) is 2.94. The molecule has 2 aromatic heterocycles. The molecule has 8 heteroatoms. The maximum Gasteiger partial charge on any atom is 0.242 e. The van der Waals surface area contributed by atoms with E-state index >= 15 is 0 Å². The van der Waals surface area contributed by atoms with Gasteiger partial charge in [-0.3, -0.25) is 9.48 Å². The van der Waals surface area contributed by atoms with Crippen LogP contribution in [0, 0.1) is 24.2 Å². The Morgan fingerprint density at radius 1 is 1.32 bits per heavy atom. The summed E-state index contributed by atoms with van der Waals surface area (Å²) in [5, 5.41) is 12.3. The van der Waals surface area contributed by atoms with Crippen molar-refractivity contribution in [1.82, 2.24) is 29.9 Å². The van der Waals surface area contributed by atoms with Crippen molar-refractivity contribution in [3.8, 4) is 0 Å². The summed E-state index contributed by atoms with van der Waals surface area (Å²) >= 11 is 6.01. The van der Waals surface area contributed by atoms with Gasteiger partial charge in [0.15, 0.2) is 0 Å². The van der Waals surface area contributed by atoms with E-state index in [1.54, 1.807) is 6.33 Å². The third-order valence-electron chi connectivity index (χ3n) is 7.22. The SMILES string of the molecule is Cc1ccnn1CCCNC(=O)C12CC3CC(C1)CC(n1cnc(Cl)n1)(C3)C2. The Morgan fingerprint density at radius 2 is 2.11 bits per heavy atom. The summed E-state index contributed by atoms with van der Waals surface area (Å²) < 4.78 is 3.95. The normalized spacial score (nSPS) is 33.4. The molecule has 1 amide bonds. The van der Waals surface area contributed by atoms with Gasteiger partial charge in [0.25, 0.3) is 0 Å². The number of nitrogens with one attached hydrogen (secondary N) is 1. The summed E-state index contributed by atoms with van der Waals surface area (Å²) in [6.45, 7) is 3.58. The number of aryl methyl sites for hydroxylation is 2. The number of halogens is 1. The zero-order valence-corrected chi connectivity index (χ0v) is 17.0. The first-order valence-electron chi connectivity index (χ1n) is 10.3. The lowest BCUT2D eigenvalue weighted by atomic mass is 9.46. The molecule has 6 rings (SSSR count). The Bertz CT molecular complexity index is 875. The Kier molecular flexibility index (Phi) is 4.27. The standard InChI is InChI=1S/C20H27ClN6O/c1-14-3-5-24-26(14)6-2-4-22-17(28)19-8-15-7-16(9-19)11-20(10-15,12-19)27-13-23-18(21)25-27/h3,5,13,15-16H,2,4,6-12H2,1H3,(H,22,28). The zero-order chi connectivity index (χ0) is 19.4. The van der Waals surface area contributed by atoms with Gasteiger partial charge in [-0.05, 0) is 81.4 Å².